The standard InChI is InChI=1S/C14H15ClN4O/c1-9-17-13(16)6-14(18-9)19-7-10(8-19)20-12-5-3-2-4-11(12)15/h2-6,10H,7-8H2,1H3,(H2,16,17,18). The van der Waals surface area contributed by atoms with E-state index >= 15 is 0 Å². The predicted molar refractivity (Wildman–Crippen MR) is 79.3 cm³/mol. The first-order chi connectivity index (χ1) is 9.61. The molecule has 1 saturated heterocycles. The molecule has 0 bridgehead atoms. The highest BCUT2D eigenvalue weighted by atomic mass is 35.5. The van der Waals surface area contributed by atoms with Crippen LogP contribution in [0.2, 0.25) is 5.02 Å². The maximum Gasteiger partial charge on any atom is 0.138 e. The number of hydrogen-bond acceptors (Lipinski definition) is 5. The molecule has 0 spiro atoms. The van der Waals surface area contributed by atoms with Crippen LogP contribution in [-0.2, 0) is 0 Å². The van der Waals surface area contributed by atoms with Gasteiger partial charge >= 0.3 is 0 Å². The fourth-order valence-electron chi connectivity index (χ4n) is 2.16. The number of benzene rings is 1. The molecular formula is C14H15ClN4O. The van der Waals surface area contributed by atoms with Gasteiger partial charge in [0.15, 0.2) is 0 Å². The summed E-state index contributed by atoms with van der Waals surface area (Å²) in [5.74, 6) is 2.73. The fraction of sp³-hybridized carbons (Fsp3) is 0.286. The summed E-state index contributed by atoms with van der Waals surface area (Å²) < 4.78 is 5.85. The number of nitrogens with two attached hydrogens (primary N) is 1. The molecule has 0 atom stereocenters. The van der Waals surface area contributed by atoms with Gasteiger partial charge in [-0.2, -0.15) is 0 Å². The second-order valence-electron chi connectivity index (χ2n) is 4.77. The topological polar surface area (TPSA) is 64.3 Å². The molecule has 0 amide bonds. The van der Waals surface area contributed by atoms with E-state index in [0.717, 1.165) is 24.7 Å². The Hall–Kier alpha value is -2.01. The van der Waals surface area contributed by atoms with E-state index in [-0.39, 0.29) is 6.10 Å². The van der Waals surface area contributed by atoms with E-state index in [9.17, 15) is 0 Å². The van der Waals surface area contributed by atoms with Crippen molar-refractivity contribution in [2.45, 2.75) is 13.0 Å². The van der Waals surface area contributed by atoms with Crippen molar-refractivity contribution < 1.29 is 4.74 Å². The van der Waals surface area contributed by atoms with Crippen molar-refractivity contribution in [3.05, 3.63) is 41.2 Å². The Morgan fingerprint density at radius 1 is 1.30 bits per heavy atom. The van der Waals surface area contributed by atoms with Gasteiger partial charge in [0.05, 0.1) is 18.1 Å². The molecule has 5 nitrogen and oxygen atoms in total. The quantitative estimate of drug-likeness (QED) is 0.939. The molecule has 0 radical (unpaired) electrons. The number of ether oxygens (including phenoxy) is 1. The summed E-state index contributed by atoms with van der Waals surface area (Å²) in [4.78, 5) is 10.5. The van der Waals surface area contributed by atoms with Gasteiger partial charge in [0.25, 0.3) is 0 Å². The number of halogens is 1. The van der Waals surface area contributed by atoms with Gasteiger partial charge in [-0.05, 0) is 19.1 Å². The molecule has 1 fully saturated rings. The molecule has 3 rings (SSSR count). The minimum absolute atomic E-state index is 0.117. The third-order valence-electron chi connectivity index (χ3n) is 3.15. The van der Waals surface area contributed by atoms with Crippen molar-refractivity contribution in [2.24, 2.45) is 0 Å². The molecule has 0 aliphatic carbocycles. The molecule has 0 saturated carbocycles. The molecule has 104 valence electrons. The second kappa shape index (κ2) is 5.17. The first kappa shape index (κ1) is 13.0. The predicted octanol–water partition coefficient (Wildman–Crippen LogP) is 2.29. The largest absolute Gasteiger partial charge is 0.485 e. The highest BCUT2D eigenvalue weighted by Gasteiger charge is 2.30. The van der Waals surface area contributed by atoms with E-state index in [2.05, 4.69) is 14.9 Å². The summed E-state index contributed by atoms with van der Waals surface area (Å²) >= 11 is 6.07. The normalized spacial score (nSPS) is 15.0. The average Bonchev–Trinajstić information content (AvgIpc) is 2.34. The van der Waals surface area contributed by atoms with Crippen LogP contribution >= 0.6 is 11.6 Å². The summed E-state index contributed by atoms with van der Waals surface area (Å²) in [7, 11) is 0. The zero-order chi connectivity index (χ0) is 14.1. The number of rotatable bonds is 3. The van der Waals surface area contributed by atoms with Crippen molar-refractivity contribution >= 4 is 23.2 Å². The number of hydrogen-bond donors (Lipinski definition) is 1. The molecule has 20 heavy (non-hydrogen) atoms. The lowest BCUT2D eigenvalue weighted by atomic mass is 10.1. The zero-order valence-electron chi connectivity index (χ0n) is 11.1. The minimum atomic E-state index is 0.117. The highest BCUT2D eigenvalue weighted by Crippen LogP contribution is 2.28. The van der Waals surface area contributed by atoms with Gasteiger partial charge < -0.3 is 15.4 Å². The van der Waals surface area contributed by atoms with Crippen molar-refractivity contribution in [2.75, 3.05) is 23.7 Å². The molecule has 2 N–H and O–H groups in total. The van der Waals surface area contributed by atoms with Gasteiger partial charge in [0.2, 0.25) is 0 Å². The summed E-state index contributed by atoms with van der Waals surface area (Å²) in [5.41, 5.74) is 5.73. The summed E-state index contributed by atoms with van der Waals surface area (Å²) in [5, 5.41) is 0.632. The first-order valence-corrected chi connectivity index (χ1v) is 6.77. The molecule has 1 aromatic heterocycles. The Bertz CT molecular complexity index is 608. The molecule has 2 heterocycles. The van der Waals surface area contributed by atoms with Gasteiger partial charge in [-0.15, -0.1) is 0 Å². The molecule has 0 unspecified atom stereocenters. The first-order valence-electron chi connectivity index (χ1n) is 6.39. The van der Waals surface area contributed by atoms with Crippen LogP contribution in [0.5, 0.6) is 5.75 Å². The molecule has 2 aromatic rings. The van der Waals surface area contributed by atoms with Crippen LogP contribution < -0.4 is 15.4 Å². The number of anilines is 2. The van der Waals surface area contributed by atoms with Crippen LogP contribution in [-0.4, -0.2) is 29.2 Å². The maximum absolute atomic E-state index is 6.07. The molecular weight excluding hydrogens is 276 g/mol. The van der Waals surface area contributed by atoms with Crippen molar-refractivity contribution in [3.8, 4) is 5.75 Å². The van der Waals surface area contributed by atoms with E-state index in [1.54, 1.807) is 6.07 Å². The van der Waals surface area contributed by atoms with E-state index in [1.807, 2.05) is 31.2 Å². The van der Waals surface area contributed by atoms with Crippen LogP contribution in [0.1, 0.15) is 5.82 Å². The smallest absolute Gasteiger partial charge is 0.138 e. The monoisotopic (exact) mass is 290 g/mol. The van der Waals surface area contributed by atoms with E-state index in [1.165, 1.54) is 0 Å². The Kier molecular flexibility index (Phi) is 3.36. The van der Waals surface area contributed by atoms with Crippen molar-refractivity contribution in [1.29, 1.82) is 0 Å². The third-order valence-corrected chi connectivity index (χ3v) is 3.46. The average molecular weight is 291 g/mol. The number of aromatic nitrogens is 2. The SMILES string of the molecule is Cc1nc(N)cc(N2CC(Oc3ccccc3Cl)C2)n1. The number of nitrogen functional groups attached to an aromatic ring is 1. The van der Waals surface area contributed by atoms with Gasteiger partial charge in [-0.3, -0.25) is 0 Å². The third kappa shape index (κ3) is 2.63. The van der Waals surface area contributed by atoms with Crippen molar-refractivity contribution in [1.82, 2.24) is 9.97 Å². The molecule has 1 aliphatic heterocycles. The van der Waals surface area contributed by atoms with Crippen LogP contribution in [0, 0.1) is 6.92 Å². The molecule has 1 aliphatic rings. The zero-order valence-corrected chi connectivity index (χ0v) is 11.8. The minimum Gasteiger partial charge on any atom is -0.485 e. The molecule has 6 heteroatoms. The molecule has 1 aromatic carbocycles. The number of nitrogens with zero attached hydrogens (tertiary/aromatic N) is 3. The van der Waals surface area contributed by atoms with Gasteiger partial charge in [0, 0.05) is 6.07 Å². The highest BCUT2D eigenvalue weighted by molar-refractivity contribution is 6.32. The second-order valence-corrected chi connectivity index (χ2v) is 5.18. The lowest BCUT2D eigenvalue weighted by molar-refractivity contribution is 0.167. The van der Waals surface area contributed by atoms with E-state index in [0.29, 0.717) is 16.7 Å². The Balaban J connectivity index is 1.63. The Morgan fingerprint density at radius 3 is 2.75 bits per heavy atom. The van der Waals surface area contributed by atoms with Crippen LogP contribution in [0.4, 0.5) is 11.6 Å². The van der Waals surface area contributed by atoms with E-state index < -0.39 is 0 Å². The van der Waals surface area contributed by atoms with Crippen LogP contribution in [0.3, 0.4) is 0 Å². The Morgan fingerprint density at radius 2 is 2.05 bits per heavy atom. The van der Waals surface area contributed by atoms with Crippen LogP contribution in [0.25, 0.3) is 0 Å². The lowest BCUT2D eigenvalue weighted by Crippen LogP contribution is -2.54. The Labute approximate surface area is 122 Å². The lowest BCUT2D eigenvalue weighted by Gasteiger charge is -2.40. The maximum atomic E-state index is 6.07. The fourth-order valence-corrected chi connectivity index (χ4v) is 2.34. The van der Waals surface area contributed by atoms with Crippen LogP contribution in [0.15, 0.2) is 30.3 Å². The number of para-hydroxylation sites is 1. The summed E-state index contributed by atoms with van der Waals surface area (Å²) in [6.45, 7) is 3.36. The number of aryl methyl sites for hydroxylation is 1. The van der Waals surface area contributed by atoms with E-state index in [4.69, 9.17) is 22.1 Å². The summed E-state index contributed by atoms with van der Waals surface area (Å²) in [6, 6.07) is 9.26. The van der Waals surface area contributed by atoms with Crippen molar-refractivity contribution in [3.63, 3.8) is 0 Å². The van der Waals surface area contributed by atoms with Gasteiger partial charge in [-0.25, -0.2) is 9.97 Å². The van der Waals surface area contributed by atoms with Gasteiger partial charge in [0.1, 0.15) is 29.3 Å². The summed E-state index contributed by atoms with van der Waals surface area (Å²) in [6.07, 6.45) is 0.117. The van der Waals surface area contributed by atoms with Gasteiger partial charge in [-0.1, -0.05) is 23.7 Å².